The molecule has 7 heteroatoms. The molecule has 0 saturated heterocycles. The van der Waals surface area contributed by atoms with Crippen LogP contribution in [-0.4, -0.2) is 20.0 Å². The number of nitrogens with one attached hydrogen (secondary N) is 1. The van der Waals surface area contributed by atoms with Crippen LogP contribution in [0.3, 0.4) is 0 Å². The number of aromatic nitrogens is 3. The zero-order chi connectivity index (χ0) is 20.7. The minimum atomic E-state index is -0.479. The number of fused-ring (bicyclic) bond motifs is 2. The molecule has 0 aliphatic rings. The van der Waals surface area contributed by atoms with Gasteiger partial charge in [0, 0.05) is 20.3 Å². The van der Waals surface area contributed by atoms with Gasteiger partial charge in [-0.05, 0) is 29.3 Å². The second-order valence-electron chi connectivity index (χ2n) is 7.06. The van der Waals surface area contributed by atoms with Crippen molar-refractivity contribution in [2.24, 2.45) is 14.1 Å². The molecule has 29 heavy (non-hydrogen) atoms. The summed E-state index contributed by atoms with van der Waals surface area (Å²) >= 11 is 0. The van der Waals surface area contributed by atoms with Gasteiger partial charge in [0.25, 0.3) is 11.5 Å². The maximum atomic E-state index is 12.8. The lowest BCUT2D eigenvalue weighted by Crippen LogP contribution is -2.37. The average Bonchev–Trinajstić information content (AvgIpc) is 2.75. The summed E-state index contributed by atoms with van der Waals surface area (Å²) in [6.45, 7) is 1.91. The predicted octanol–water partition coefficient (Wildman–Crippen LogP) is 2.28. The third-order valence-corrected chi connectivity index (χ3v) is 5.19. The van der Waals surface area contributed by atoms with Gasteiger partial charge < -0.3 is 5.32 Å². The molecule has 0 aliphatic carbocycles. The van der Waals surface area contributed by atoms with E-state index in [1.165, 1.54) is 23.9 Å². The van der Waals surface area contributed by atoms with Gasteiger partial charge in [0.05, 0.1) is 17.0 Å². The fourth-order valence-electron chi connectivity index (χ4n) is 3.58. The standard InChI is InChI=1S/C22H20N4O3/c1-13(16-10-6-8-14-7-4-5-9-17(14)16)24-20(27)15-11-18-19(23-12-15)25(2)22(29)26(3)21(18)28/h4-13H,1-3H3,(H,24,27). The Labute approximate surface area is 166 Å². The number of nitrogens with zero attached hydrogens (tertiary/aromatic N) is 3. The molecule has 0 saturated carbocycles. The summed E-state index contributed by atoms with van der Waals surface area (Å²) in [5.41, 5.74) is 0.574. The average molecular weight is 388 g/mol. The Morgan fingerprint density at radius 1 is 1.00 bits per heavy atom. The first-order valence-electron chi connectivity index (χ1n) is 9.23. The molecule has 1 atom stereocenters. The number of aryl methyl sites for hydroxylation is 1. The summed E-state index contributed by atoms with van der Waals surface area (Å²) in [5.74, 6) is -0.337. The SMILES string of the molecule is CC(NC(=O)c1cnc2c(c1)c(=O)n(C)c(=O)n2C)c1cccc2ccccc12. The van der Waals surface area contributed by atoms with E-state index in [1.807, 2.05) is 49.4 Å². The van der Waals surface area contributed by atoms with Crippen LogP contribution >= 0.6 is 0 Å². The van der Waals surface area contributed by atoms with Crippen LogP contribution in [0.15, 0.2) is 64.3 Å². The zero-order valence-corrected chi connectivity index (χ0v) is 16.3. The molecule has 0 bridgehead atoms. The Bertz CT molecular complexity index is 1380. The Hall–Kier alpha value is -3.74. The van der Waals surface area contributed by atoms with E-state index in [1.54, 1.807) is 7.05 Å². The van der Waals surface area contributed by atoms with Crippen molar-refractivity contribution in [2.75, 3.05) is 0 Å². The molecule has 1 amide bonds. The van der Waals surface area contributed by atoms with E-state index in [0.29, 0.717) is 0 Å². The summed E-state index contributed by atoms with van der Waals surface area (Å²) in [5, 5.41) is 5.37. The molecule has 146 valence electrons. The van der Waals surface area contributed by atoms with E-state index in [2.05, 4.69) is 10.3 Å². The highest BCUT2D eigenvalue weighted by Gasteiger charge is 2.16. The van der Waals surface area contributed by atoms with Gasteiger partial charge in [-0.15, -0.1) is 0 Å². The van der Waals surface area contributed by atoms with Gasteiger partial charge in [0.15, 0.2) is 0 Å². The highest BCUT2D eigenvalue weighted by molar-refractivity contribution is 5.97. The molecule has 1 unspecified atom stereocenters. The van der Waals surface area contributed by atoms with Crippen LogP contribution in [0.2, 0.25) is 0 Å². The second-order valence-corrected chi connectivity index (χ2v) is 7.06. The van der Waals surface area contributed by atoms with Crippen LogP contribution in [0.4, 0.5) is 0 Å². The molecule has 2 aromatic heterocycles. The Morgan fingerprint density at radius 2 is 1.72 bits per heavy atom. The fourth-order valence-corrected chi connectivity index (χ4v) is 3.58. The van der Waals surface area contributed by atoms with Gasteiger partial charge in [0.2, 0.25) is 0 Å². The Balaban J connectivity index is 1.70. The topological polar surface area (TPSA) is 86.0 Å². The van der Waals surface area contributed by atoms with Gasteiger partial charge in [-0.1, -0.05) is 42.5 Å². The van der Waals surface area contributed by atoms with Crippen LogP contribution in [0.1, 0.15) is 28.9 Å². The molecule has 1 N–H and O–H groups in total. The molecule has 0 aliphatic heterocycles. The molecule has 7 nitrogen and oxygen atoms in total. The largest absolute Gasteiger partial charge is 0.345 e. The van der Waals surface area contributed by atoms with Gasteiger partial charge in [-0.25, -0.2) is 9.78 Å². The molecular formula is C22H20N4O3. The number of carbonyl (C=O) groups excluding carboxylic acids is 1. The monoisotopic (exact) mass is 388 g/mol. The normalized spacial score (nSPS) is 12.2. The molecule has 0 spiro atoms. The lowest BCUT2D eigenvalue weighted by Gasteiger charge is -2.17. The van der Waals surface area contributed by atoms with E-state index >= 15 is 0 Å². The number of benzene rings is 2. The minimum absolute atomic E-state index is 0.222. The zero-order valence-electron chi connectivity index (χ0n) is 16.3. The first-order chi connectivity index (χ1) is 13.9. The number of pyridine rings is 1. The van der Waals surface area contributed by atoms with E-state index in [-0.39, 0.29) is 28.5 Å². The minimum Gasteiger partial charge on any atom is -0.345 e. The number of rotatable bonds is 3. The first kappa shape index (κ1) is 18.6. The smallest absolute Gasteiger partial charge is 0.332 e. The lowest BCUT2D eigenvalue weighted by molar-refractivity contribution is 0.0940. The molecular weight excluding hydrogens is 368 g/mol. The highest BCUT2D eigenvalue weighted by atomic mass is 16.2. The highest BCUT2D eigenvalue weighted by Crippen LogP contribution is 2.24. The number of hydrogen-bond acceptors (Lipinski definition) is 4. The number of hydrogen-bond donors (Lipinski definition) is 1. The lowest BCUT2D eigenvalue weighted by atomic mass is 9.99. The third-order valence-electron chi connectivity index (χ3n) is 5.19. The third kappa shape index (κ3) is 3.10. The van der Waals surface area contributed by atoms with Crippen molar-refractivity contribution >= 4 is 27.7 Å². The van der Waals surface area contributed by atoms with Crippen molar-refractivity contribution in [3.05, 3.63) is 86.7 Å². The van der Waals surface area contributed by atoms with E-state index in [4.69, 9.17) is 0 Å². The molecule has 2 aromatic carbocycles. The van der Waals surface area contributed by atoms with E-state index < -0.39 is 11.2 Å². The van der Waals surface area contributed by atoms with E-state index in [0.717, 1.165) is 20.9 Å². The van der Waals surface area contributed by atoms with Crippen LogP contribution in [0, 0.1) is 0 Å². The molecule has 4 rings (SSSR count). The fraction of sp³-hybridized carbons (Fsp3) is 0.182. The molecule has 0 fully saturated rings. The summed E-state index contributed by atoms with van der Waals surface area (Å²) < 4.78 is 2.29. The summed E-state index contributed by atoms with van der Waals surface area (Å²) in [6, 6.07) is 15.2. The number of amides is 1. The quantitative estimate of drug-likeness (QED) is 0.583. The van der Waals surface area contributed by atoms with Gasteiger partial charge in [0.1, 0.15) is 5.65 Å². The number of carbonyl (C=O) groups is 1. The predicted molar refractivity (Wildman–Crippen MR) is 112 cm³/mol. The summed E-state index contributed by atoms with van der Waals surface area (Å²) in [7, 11) is 2.94. The Kier molecular flexibility index (Phi) is 4.50. The van der Waals surface area contributed by atoms with Crippen molar-refractivity contribution in [2.45, 2.75) is 13.0 Å². The summed E-state index contributed by atoms with van der Waals surface area (Å²) in [6.07, 6.45) is 1.38. The van der Waals surface area contributed by atoms with Crippen LogP contribution in [0.5, 0.6) is 0 Å². The van der Waals surface area contributed by atoms with E-state index in [9.17, 15) is 14.4 Å². The van der Waals surface area contributed by atoms with Crippen LogP contribution in [-0.2, 0) is 14.1 Å². The molecule has 0 radical (unpaired) electrons. The van der Waals surface area contributed by atoms with Crippen molar-refractivity contribution in [3.8, 4) is 0 Å². The van der Waals surface area contributed by atoms with Crippen LogP contribution in [0.25, 0.3) is 21.8 Å². The van der Waals surface area contributed by atoms with Crippen LogP contribution < -0.4 is 16.6 Å². The van der Waals surface area contributed by atoms with Crippen molar-refractivity contribution in [1.82, 2.24) is 19.4 Å². The maximum absolute atomic E-state index is 12.8. The summed E-state index contributed by atoms with van der Waals surface area (Å²) in [4.78, 5) is 41.5. The van der Waals surface area contributed by atoms with Crippen molar-refractivity contribution in [3.63, 3.8) is 0 Å². The van der Waals surface area contributed by atoms with Gasteiger partial charge in [-0.3, -0.25) is 18.7 Å². The van der Waals surface area contributed by atoms with Gasteiger partial charge in [-0.2, -0.15) is 0 Å². The second kappa shape index (κ2) is 7.01. The van der Waals surface area contributed by atoms with Crippen molar-refractivity contribution in [1.29, 1.82) is 0 Å². The maximum Gasteiger partial charge on any atom is 0.332 e. The Morgan fingerprint density at radius 3 is 2.52 bits per heavy atom. The molecule has 2 heterocycles. The van der Waals surface area contributed by atoms with Gasteiger partial charge >= 0.3 is 5.69 Å². The van der Waals surface area contributed by atoms with Crippen molar-refractivity contribution < 1.29 is 4.79 Å². The molecule has 4 aromatic rings. The first-order valence-corrected chi connectivity index (χ1v) is 9.23.